The minimum atomic E-state index is -1.00. The van der Waals surface area contributed by atoms with E-state index < -0.39 is 23.5 Å². The first-order valence-electron chi connectivity index (χ1n) is 11.4. The fraction of sp³-hybridized carbons (Fsp3) is 0.214. The van der Waals surface area contributed by atoms with E-state index in [1.165, 1.54) is 37.3 Å². The maximum absolute atomic E-state index is 13.4. The Hall–Kier alpha value is -3.68. The van der Waals surface area contributed by atoms with Gasteiger partial charge >= 0.3 is 0 Å². The molecule has 192 valence electrons. The van der Waals surface area contributed by atoms with E-state index >= 15 is 0 Å². The zero-order valence-electron chi connectivity index (χ0n) is 20.6. The van der Waals surface area contributed by atoms with Crippen molar-refractivity contribution in [2.75, 3.05) is 19.1 Å². The highest BCUT2D eigenvalue weighted by Gasteiger charge is 2.47. The van der Waals surface area contributed by atoms with Crippen molar-refractivity contribution >= 4 is 46.3 Å². The predicted molar refractivity (Wildman–Crippen MR) is 143 cm³/mol. The largest absolute Gasteiger partial charge is 0.508 e. The number of halogens is 2. The standard InChI is InChI=1S/C28H25Cl2NO6/c1-14(2)15-5-9-17(10-6-15)31-23(16-7-11-18(32)12-8-16)21(25(34)28(31)35)24(33)19-13-20(29)27(37-4)22(30)26(19)36-3/h5-14,23,32-33H,1-4H3/b24-21+. The summed E-state index contributed by atoms with van der Waals surface area (Å²) in [4.78, 5) is 28.1. The molecular formula is C28H25Cl2NO6. The number of anilines is 1. The second-order valence-corrected chi connectivity index (χ2v) is 9.58. The molecule has 9 heteroatoms. The van der Waals surface area contributed by atoms with Crippen LogP contribution in [0.25, 0.3) is 5.76 Å². The van der Waals surface area contributed by atoms with Crippen molar-refractivity contribution in [2.24, 2.45) is 0 Å². The van der Waals surface area contributed by atoms with Crippen LogP contribution in [-0.2, 0) is 9.59 Å². The highest BCUT2D eigenvalue weighted by Crippen LogP contribution is 2.48. The summed E-state index contributed by atoms with van der Waals surface area (Å²) in [7, 11) is 2.73. The third kappa shape index (κ3) is 4.61. The third-order valence-electron chi connectivity index (χ3n) is 6.29. The molecule has 2 N–H and O–H groups in total. The lowest BCUT2D eigenvalue weighted by atomic mass is 9.94. The van der Waals surface area contributed by atoms with Gasteiger partial charge in [0.15, 0.2) is 11.5 Å². The highest BCUT2D eigenvalue weighted by molar-refractivity contribution is 6.52. The fourth-order valence-electron chi connectivity index (χ4n) is 4.38. The molecule has 1 amide bonds. The number of aliphatic hydroxyl groups is 1. The molecule has 1 atom stereocenters. The van der Waals surface area contributed by atoms with Crippen LogP contribution in [0.3, 0.4) is 0 Å². The number of aliphatic hydroxyl groups excluding tert-OH is 1. The van der Waals surface area contributed by atoms with Crippen LogP contribution in [0.15, 0.2) is 60.2 Å². The zero-order valence-corrected chi connectivity index (χ0v) is 22.1. The molecule has 0 saturated carbocycles. The summed E-state index contributed by atoms with van der Waals surface area (Å²) in [5, 5.41) is 21.4. The van der Waals surface area contributed by atoms with Gasteiger partial charge in [-0.2, -0.15) is 0 Å². The van der Waals surface area contributed by atoms with Gasteiger partial charge in [-0.1, -0.05) is 61.3 Å². The van der Waals surface area contributed by atoms with Gasteiger partial charge in [0.2, 0.25) is 0 Å². The van der Waals surface area contributed by atoms with Crippen LogP contribution in [0.1, 0.15) is 42.5 Å². The molecule has 1 aliphatic rings. The lowest BCUT2D eigenvalue weighted by Crippen LogP contribution is -2.29. The summed E-state index contributed by atoms with van der Waals surface area (Å²) in [6, 6.07) is 13.7. The number of benzene rings is 3. The molecule has 1 fully saturated rings. The number of amides is 1. The monoisotopic (exact) mass is 541 g/mol. The van der Waals surface area contributed by atoms with E-state index in [0.717, 1.165) is 5.56 Å². The second kappa shape index (κ2) is 10.4. The summed E-state index contributed by atoms with van der Waals surface area (Å²) < 4.78 is 10.6. The number of Topliss-reactive ketones (excluding diaryl/α,β-unsaturated/α-hetero) is 1. The van der Waals surface area contributed by atoms with Crippen molar-refractivity contribution in [3.05, 3.63) is 86.9 Å². The Labute approximate surface area is 224 Å². The van der Waals surface area contributed by atoms with Crippen molar-refractivity contribution in [2.45, 2.75) is 25.8 Å². The average Bonchev–Trinajstić information content (AvgIpc) is 3.14. The molecule has 0 bridgehead atoms. The van der Waals surface area contributed by atoms with Gasteiger partial charge in [0.05, 0.1) is 36.4 Å². The third-order valence-corrected chi connectivity index (χ3v) is 6.91. The quantitative estimate of drug-likeness (QED) is 0.211. The number of hydrogen-bond acceptors (Lipinski definition) is 6. The van der Waals surface area contributed by atoms with Crippen molar-refractivity contribution in [1.82, 2.24) is 0 Å². The lowest BCUT2D eigenvalue weighted by molar-refractivity contribution is -0.132. The first-order chi connectivity index (χ1) is 17.6. The Bertz CT molecular complexity index is 1400. The number of ether oxygens (including phenoxy) is 2. The molecule has 1 aliphatic heterocycles. The van der Waals surface area contributed by atoms with Crippen LogP contribution in [0, 0.1) is 0 Å². The van der Waals surface area contributed by atoms with Gasteiger partial charge in [0.1, 0.15) is 16.5 Å². The zero-order chi connectivity index (χ0) is 27.0. The number of hydrogen-bond donors (Lipinski definition) is 2. The first kappa shape index (κ1) is 26.4. The fourth-order valence-corrected chi connectivity index (χ4v) is 5.07. The van der Waals surface area contributed by atoms with E-state index in [-0.39, 0.29) is 44.3 Å². The van der Waals surface area contributed by atoms with Crippen LogP contribution in [0.2, 0.25) is 10.0 Å². The maximum atomic E-state index is 13.4. The molecule has 0 radical (unpaired) electrons. The van der Waals surface area contributed by atoms with Crippen molar-refractivity contribution in [3.8, 4) is 17.2 Å². The molecule has 7 nitrogen and oxygen atoms in total. The Morgan fingerprint density at radius 1 is 0.946 bits per heavy atom. The number of ketones is 1. The minimum Gasteiger partial charge on any atom is -0.508 e. The van der Waals surface area contributed by atoms with Crippen LogP contribution in [0.5, 0.6) is 17.2 Å². The normalized spacial score (nSPS) is 16.9. The Morgan fingerprint density at radius 2 is 1.54 bits per heavy atom. The van der Waals surface area contributed by atoms with Crippen LogP contribution in [-0.4, -0.2) is 36.1 Å². The minimum absolute atomic E-state index is 0.00117. The first-order valence-corrected chi connectivity index (χ1v) is 12.2. The number of aromatic hydroxyl groups is 1. The van der Waals surface area contributed by atoms with E-state index in [4.69, 9.17) is 32.7 Å². The van der Waals surface area contributed by atoms with E-state index in [0.29, 0.717) is 11.3 Å². The number of carbonyl (C=O) groups excluding carboxylic acids is 2. The number of phenols is 1. The second-order valence-electron chi connectivity index (χ2n) is 8.79. The Balaban J connectivity index is 1.98. The summed E-state index contributed by atoms with van der Waals surface area (Å²) >= 11 is 12.7. The average molecular weight is 542 g/mol. The predicted octanol–water partition coefficient (Wildman–Crippen LogP) is 6.47. The van der Waals surface area contributed by atoms with Gasteiger partial charge in [-0.3, -0.25) is 14.5 Å². The van der Waals surface area contributed by atoms with Crippen molar-refractivity contribution in [1.29, 1.82) is 0 Å². The van der Waals surface area contributed by atoms with Gasteiger partial charge in [-0.25, -0.2) is 0 Å². The molecule has 3 aromatic carbocycles. The van der Waals surface area contributed by atoms with Crippen LogP contribution >= 0.6 is 23.2 Å². The molecule has 1 saturated heterocycles. The van der Waals surface area contributed by atoms with Crippen LogP contribution < -0.4 is 14.4 Å². The Morgan fingerprint density at radius 3 is 2.08 bits per heavy atom. The number of methoxy groups -OCH3 is 2. The molecule has 0 spiro atoms. The van der Waals surface area contributed by atoms with Gasteiger partial charge in [-0.15, -0.1) is 0 Å². The molecule has 0 aliphatic carbocycles. The lowest BCUT2D eigenvalue weighted by Gasteiger charge is -2.26. The highest BCUT2D eigenvalue weighted by atomic mass is 35.5. The summed E-state index contributed by atoms with van der Waals surface area (Å²) in [6.45, 7) is 4.10. The molecule has 3 aromatic rings. The Kier molecular flexibility index (Phi) is 7.39. The van der Waals surface area contributed by atoms with E-state index in [2.05, 4.69) is 13.8 Å². The molecule has 37 heavy (non-hydrogen) atoms. The SMILES string of the molecule is COc1c(Cl)cc(/C(O)=C2\C(=O)C(=O)N(c3ccc(C(C)C)cc3)C2c2ccc(O)cc2)c(OC)c1Cl. The van der Waals surface area contributed by atoms with Crippen molar-refractivity contribution < 1.29 is 29.3 Å². The smallest absolute Gasteiger partial charge is 0.300 e. The molecular weight excluding hydrogens is 517 g/mol. The molecule has 1 unspecified atom stereocenters. The summed E-state index contributed by atoms with van der Waals surface area (Å²) in [5.41, 5.74) is 1.88. The number of carbonyl (C=O) groups is 2. The maximum Gasteiger partial charge on any atom is 0.300 e. The van der Waals surface area contributed by atoms with E-state index in [1.807, 2.05) is 12.1 Å². The van der Waals surface area contributed by atoms with Gasteiger partial charge in [-0.05, 0) is 47.4 Å². The van der Waals surface area contributed by atoms with Crippen LogP contribution in [0.4, 0.5) is 5.69 Å². The van der Waals surface area contributed by atoms with E-state index in [1.54, 1.807) is 24.3 Å². The summed E-state index contributed by atoms with van der Waals surface area (Å²) in [5.74, 6) is -1.78. The topological polar surface area (TPSA) is 96.3 Å². The molecule has 4 rings (SSSR count). The van der Waals surface area contributed by atoms with Gasteiger partial charge in [0.25, 0.3) is 11.7 Å². The van der Waals surface area contributed by atoms with Gasteiger partial charge < -0.3 is 19.7 Å². The number of nitrogens with zero attached hydrogens (tertiary/aromatic N) is 1. The number of phenolic OH excluding ortho intramolecular Hbond substituents is 1. The van der Waals surface area contributed by atoms with E-state index in [9.17, 15) is 19.8 Å². The molecule has 1 heterocycles. The molecule has 0 aromatic heterocycles. The summed E-state index contributed by atoms with van der Waals surface area (Å²) in [6.07, 6.45) is 0. The van der Waals surface area contributed by atoms with Crippen molar-refractivity contribution in [3.63, 3.8) is 0 Å². The number of rotatable bonds is 6. The van der Waals surface area contributed by atoms with Gasteiger partial charge in [0, 0.05) is 5.69 Å².